The summed E-state index contributed by atoms with van der Waals surface area (Å²) < 4.78 is 11.1. The number of aliphatic hydroxyl groups excluding tert-OH is 1. The third-order valence-electron chi connectivity index (χ3n) is 8.71. The van der Waals surface area contributed by atoms with Crippen LogP contribution in [0.2, 0.25) is 0 Å². The summed E-state index contributed by atoms with van der Waals surface area (Å²) in [6.45, 7) is 6.21. The number of nitrogens with zero attached hydrogens (tertiary/aromatic N) is 5. The van der Waals surface area contributed by atoms with Gasteiger partial charge in [-0.25, -0.2) is 4.79 Å². The summed E-state index contributed by atoms with van der Waals surface area (Å²) in [5.41, 5.74) is 1.29. The van der Waals surface area contributed by atoms with Crippen molar-refractivity contribution in [1.29, 1.82) is 0 Å². The first-order valence-corrected chi connectivity index (χ1v) is 15.1. The quantitative estimate of drug-likeness (QED) is 0.314. The Balaban J connectivity index is 1.60. The van der Waals surface area contributed by atoms with Crippen LogP contribution in [0.3, 0.4) is 0 Å². The Kier molecular flexibility index (Phi) is 10.9. The summed E-state index contributed by atoms with van der Waals surface area (Å²) >= 11 is 0. The summed E-state index contributed by atoms with van der Waals surface area (Å²) in [7, 11) is 5.79. The highest BCUT2D eigenvalue weighted by atomic mass is 16.7. The largest absolute Gasteiger partial charge is 0.481 e. The first-order chi connectivity index (χ1) is 20.1. The van der Waals surface area contributed by atoms with Gasteiger partial charge in [0.05, 0.1) is 19.1 Å². The average Bonchev–Trinajstić information content (AvgIpc) is 3.66. The number of likely N-dealkylation sites (tertiary alicyclic amines) is 1. The maximum atomic E-state index is 13.7. The van der Waals surface area contributed by atoms with Gasteiger partial charge in [-0.2, -0.15) is 0 Å². The number of fused-ring (bicyclic) bond motifs is 1. The highest BCUT2D eigenvalue weighted by molar-refractivity contribution is 5.79. The molecule has 0 bridgehead atoms. The van der Waals surface area contributed by atoms with Crippen molar-refractivity contribution < 1.29 is 34.1 Å². The number of rotatable bonds is 15. The van der Waals surface area contributed by atoms with Gasteiger partial charge in [0.1, 0.15) is 0 Å². The lowest BCUT2D eigenvalue weighted by Gasteiger charge is -2.31. The van der Waals surface area contributed by atoms with Crippen LogP contribution >= 0.6 is 0 Å². The SMILES string of the molecule is CCCCN(CCCN(C)C)C(=O)CN1C[C@H](c2cc(CO)c3c(c2)OCO3)[C@@H](C(=O)O)[C@@H]1CCN1CCN(C)C1=O. The van der Waals surface area contributed by atoms with Crippen molar-refractivity contribution in [1.82, 2.24) is 24.5 Å². The highest BCUT2D eigenvalue weighted by Gasteiger charge is 2.48. The fourth-order valence-electron chi connectivity index (χ4n) is 6.39. The van der Waals surface area contributed by atoms with Gasteiger partial charge in [-0.3, -0.25) is 14.5 Å². The van der Waals surface area contributed by atoms with E-state index in [2.05, 4.69) is 11.8 Å². The molecule has 0 radical (unpaired) electrons. The van der Waals surface area contributed by atoms with Crippen molar-refractivity contribution in [2.24, 2.45) is 5.92 Å². The maximum absolute atomic E-state index is 13.7. The molecule has 0 aromatic heterocycles. The predicted molar refractivity (Wildman–Crippen MR) is 157 cm³/mol. The van der Waals surface area contributed by atoms with Crippen molar-refractivity contribution in [2.45, 2.75) is 51.2 Å². The number of benzene rings is 1. The molecule has 1 aromatic rings. The topological polar surface area (TPSA) is 126 Å². The minimum Gasteiger partial charge on any atom is -0.481 e. The van der Waals surface area contributed by atoms with E-state index in [1.807, 2.05) is 23.9 Å². The lowest BCUT2D eigenvalue weighted by Crippen LogP contribution is -2.46. The molecule has 3 heterocycles. The Morgan fingerprint density at radius 2 is 1.86 bits per heavy atom. The van der Waals surface area contributed by atoms with E-state index in [4.69, 9.17) is 9.47 Å². The Hall–Kier alpha value is -3.09. The van der Waals surface area contributed by atoms with E-state index in [1.165, 1.54) is 0 Å². The second-order valence-corrected chi connectivity index (χ2v) is 11.9. The molecule has 234 valence electrons. The minimum absolute atomic E-state index is 0.00397. The molecule has 3 aliphatic rings. The van der Waals surface area contributed by atoms with E-state index in [0.29, 0.717) is 62.8 Å². The molecule has 12 nitrogen and oxygen atoms in total. The van der Waals surface area contributed by atoms with Gasteiger partial charge in [0.25, 0.3) is 0 Å². The minimum atomic E-state index is -0.943. The van der Waals surface area contributed by atoms with Crippen molar-refractivity contribution in [2.75, 3.05) is 80.3 Å². The van der Waals surface area contributed by atoms with Crippen LogP contribution in [0.5, 0.6) is 11.5 Å². The second kappa shape index (κ2) is 14.4. The molecule has 1 aromatic carbocycles. The molecule has 12 heteroatoms. The molecule has 0 saturated carbocycles. The number of carboxylic acid groups (broad SMARTS) is 1. The molecule has 2 saturated heterocycles. The number of unbranched alkanes of at least 4 members (excludes halogenated alkanes) is 1. The van der Waals surface area contributed by atoms with Crippen molar-refractivity contribution in [3.63, 3.8) is 0 Å². The van der Waals surface area contributed by atoms with Crippen LogP contribution < -0.4 is 9.47 Å². The van der Waals surface area contributed by atoms with E-state index >= 15 is 0 Å². The summed E-state index contributed by atoms with van der Waals surface area (Å²) in [6, 6.07) is 3.09. The van der Waals surface area contributed by atoms with Gasteiger partial charge < -0.3 is 39.3 Å². The smallest absolute Gasteiger partial charge is 0.319 e. The van der Waals surface area contributed by atoms with Crippen LogP contribution in [0.4, 0.5) is 4.79 Å². The van der Waals surface area contributed by atoms with Crippen LogP contribution in [0, 0.1) is 5.92 Å². The monoisotopic (exact) mass is 589 g/mol. The molecular formula is C30H47N5O7. The van der Waals surface area contributed by atoms with Crippen LogP contribution in [0.15, 0.2) is 12.1 Å². The average molecular weight is 590 g/mol. The highest BCUT2D eigenvalue weighted by Crippen LogP contribution is 2.44. The number of hydrogen-bond donors (Lipinski definition) is 2. The molecule has 42 heavy (non-hydrogen) atoms. The summed E-state index contributed by atoms with van der Waals surface area (Å²) in [5.74, 6) is -1.22. The van der Waals surface area contributed by atoms with E-state index < -0.39 is 23.8 Å². The number of hydrogen-bond acceptors (Lipinski definition) is 8. The number of aliphatic carboxylic acids is 1. The second-order valence-electron chi connectivity index (χ2n) is 11.9. The van der Waals surface area contributed by atoms with E-state index in [1.54, 1.807) is 29.0 Å². The van der Waals surface area contributed by atoms with E-state index in [9.17, 15) is 24.6 Å². The molecule has 3 aliphatic heterocycles. The summed E-state index contributed by atoms with van der Waals surface area (Å²) in [4.78, 5) is 48.7. The Morgan fingerprint density at radius 3 is 2.50 bits per heavy atom. The molecule has 2 fully saturated rings. The lowest BCUT2D eigenvalue weighted by molar-refractivity contribution is -0.144. The standard InChI is InChI=1S/C30H47N5O7/c1-5-6-10-33(11-7-9-31(2)3)26(37)18-35-17-23(21-15-22(19-36)28-25(16-21)41-20-42-28)27(29(38)39)24(35)8-12-34-14-13-32(4)30(34)40/h15-16,23-24,27,36H,5-14,17-20H2,1-4H3,(H,38,39)/t23-,24+,27-/m1/s1. The van der Waals surface area contributed by atoms with Crippen LogP contribution in [0.1, 0.15) is 49.7 Å². The molecule has 3 atom stereocenters. The van der Waals surface area contributed by atoms with Gasteiger partial charge in [0.15, 0.2) is 11.5 Å². The van der Waals surface area contributed by atoms with E-state index in [0.717, 1.165) is 31.4 Å². The van der Waals surface area contributed by atoms with Gasteiger partial charge in [-0.15, -0.1) is 0 Å². The van der Waals surface area contributed by atoms with Crippen LogP contribution in [0.25, 0.3) is 0 Å². The molecular weight excluding hydrogens is 542 g/mol. The number of carbonyl (C=O) groups is 3. The van der Waals surface area contributed by atoms with Gasteiger partial charge >= 0.3 is 12.0 Å². The molecule has 4 rings (SSSR count). The lowest BCUT2D eigenvalue weighted by atomic mass is 9.83. The zero-order valence-electron chi connectivity index (χ0n) is 25.5. The third kappa shape index (κ3) is 7.27. The van der Waals surface area contributed by atoms with Crippen LogP contribution in [-0.2, 0) is 16.2 Å². The predicted octanol–water partition coefficient (Wildman–Crippen LogP) is 1.71. The molecule has 3 amide bonds. The first kappa shape index (κ1) is 31.8. The Bertz CT molecular complexity index is 1120. The zero-order chi connectivity index (χ0) is 30.4. The van der Waals surface area contributed by atoms with Crippen molar-refractivity contribution >= 4 is 17.9 Å². The Morgan fingerprint density at radius 1 is 1.10 bits per heavy atom. The third-order valence-corrected chi connectivity index (χ3v) is 8.71. The van der Waals surface area contributed by atoms with Gasteiger partial charge in [0.2, 0.25) is 12.7 Å². The molecule has 2 N–H and O–H groups in total. The fourth-order valence-corrected chi connectivity index (χ4v) is 6.39. The first-order valence-electron chi connectivity index (χ1n) is 15.1. The maximum Gasteiger partial charge on any atom is 0.319 e. The normalized spacial score (nSPS) is 22.0. The van der Waals surface area contributed by atoms with Crippen molar-refractivity contribution in [3.05, 3.63) is 23.3 Å². The fraction of sp³-hybridized carbons (Fsp3) is 0.700. The zero-order valence-corrected chi connectivity index (χ0v) is 25.5. The van der Waals surface area contributed by atoms with E-state index in [-0.39, 0.29) is 31.9 Å². The molecule has 0 unspecified atom stereocenters. The Labute approximate surface area is 248 Å². The number of carbonyl (C=O) groups excluding carboxylic acids is 2. The number of amides is 3. The summed E-state index contributed by atoms with van der Waals surface area (Å²) in [5, 5.41) is 20.5. The molecule has 0 spiro atoms. The van der Waals surface area contributed by atoms with Crippen LogP contribution in [-0.4, -0.2) is 139 Å². The number of urea groups is 1. The number of ether oxygens (including phenoxy) is 2. The number of aliphatic hydroxyl groups is 1. The van der Waals surface area contributed by atoms with Gasteiger partial charge in [-0.1, -0.05) is 13.3 Å². The van der Waals surface area contributed by atoms with Crippen molar-refractivity contribution in [3.8, 4) is 11.5 Å². The molecule has 0 aliphatic carbocycles. The number of carboxylic acids is 1. The summed E-state index contributed by atoms with van der Waals surface area (Å²) in [6.07, 6.45) is 3.18. The number of likely N-dealkylation sites (N-methyl/N-ethyl adjacent to an activating group) is 1. The van der Waals surface area contributed by atoms with Gasteiger partial charge in [0, 0.05) is 63.8 Å². The van der Waals surface area contributed by atoms with Gasteiger partial charge in [-0.05, 0) is 57.6 Å².